The molecule has 6 rings (SSSR count). The molecule has 10 nitrogen and oxygen atoms in total. The quantitative estimate of drug-likeness (QED) is 0.474. The molecule has 1 aromatic rings. The Labute approximate surface area is 214 Å². The zero-order valence-corrected chi connectivity index (χ0v) is 21.6. The molecule has 6 atom stereocenters. The number of aliphatic hydroxyl groups is 1. The number of ketones is 1. The smallest absolute Gasteiger partial charge is 0.333 e. The summed E-state index contributed by atoms with van der Waals surface area (Å²) in [6.45, 7) is 6.68. The van der Waals surface area contributed by atoms with E-state index < -0.39 is 46.5 Å². The molecule has 1 fully saturated rings. The van der Waals surface area contributed by atoms with Crippen molar-refractivity contribution in [3.8, 4) is 17.2 Å². The Morgan fingerprint density at radius 1 is 1.19 bits per heavy atom. The minimum atomic E-state index is -1.60. The van der Waals surface area contributed by atoms with Crippen LogP contribution >= 0.6 is 0 Å². The number of methoxy groups -OCH3 is 2. The SMILES string of the molecule is C/C=C(/C)C(=O)O[C@H]1[C@@](C)(O)[C@@H](C)[C@H]2O[C@@]13CC(OC)=C(OC)C(=O)[C@@]31COc3c4c(cc2c31)OCO4. The maximum Gasteiger partial charge on any atom is 0.333 e. The van der Waals surface area contributed by atoms with E-state index in [1.165, 1.54) is 14.2 Å². The van der Waals surface area contributed by atoms with Crippen LogP contribution in [0, 0.1) is 5.92 Å². The van der Waals surface area contributed by atoms with Crippen molar-refractivity contribution in [2.45, 2.75) is 62.9 Å². The van der Waals surface area contributed by atoms with Gasteiger partial charge in [-0.15, -0.1) is 0 Å². The fourth-order valence-electron chi connectivity index (χ4n) is 6.68. The van der Waals surface area contributed by atoms with E-state index >= 15 is 0 Å². The number of ether oxygens (including phenoxy) is 7. The first-order valence-corrected chi connectivity index (χ1v) is 12.3. The predicted octanol–water partition coefficient (Wildman–Crippen LogP) is 2.61. The molecular weight excluding hydrogens is 484 g/mol. The molecule has 0 amide bonds. The van der Waals surface area contributed by atoms with Gasteiger partial charge >= 0.3 is 5.97 Å². The summed E-state index contributed by atoms with van der Waals surface area (Å²) in [6, 6.07) is 1.80. The lowest BCUT2D eigenvalue weighted by Crippen LogP contribution is -2.78. The number of esters is 1. The summed E-state index contributed by atoms with van der Waals surface area (Å²) < 4.78 is 41.8. The van der Waals surface area contributed by atoms with Crippen molar-refractivity contribution >= 4 is 11.8 Å². The summed E-state index contributed by atoms with van der Waals surface area (Å²) in [5, 5.41) is 12.1. The molecule has 1 aromatic carbocycles. The topological polar surface area (TPSA) is 119 Å². The second kappa shape index (κ2) is 7.64. The Bertz CT molecular complexity index is 1290. The highest BCUT2D eigenvalue weighted by atomic mass is 16.7. The molecule has 0 aromatic heterocycles. The molecule has 4 aliphatic heterocycles. The monoisotopic (exact) mass is 514 g/mol. The van der Waals surface area contributed by atoms with Crippen molar-refractivity contribution in [2.75, 3.05) is 27.6 Å². The van der Waals surface area contributed by atoms with Gasteiger partial charge in [-0.1, -0.05) is 13.0 Å². The second-order valence-corrected chi connectivity index (χ2v) is 10.5. The molecule has 10 heteroatoms. The van der Waals surface area contributed by atoms with E-state index in [2.05, 4.69) is 0 Å². The van der Waals surface area contributed by atoms with Gasteiger partial charge in [0.1, 0.15) is 29.0 Å². The molecule has 0 saturated carbocycles. The summed E-state index contributed by atoms with van der Waals surface area (Å²) in [5.41, 5.74) is -3.05. The molecule has 5 aliphatic rings. The fraction of sp³-hybridized carbons (Fsp3) is 0.556. The van der Waals surface area contributed by atoms with E-state index in [0.717, 1.165) is 0 Å². The van der Waals surface area contributed by atoms with E-state index in [-0.39, 0.29) is 31.3 Å². The average molecular weight is 515 g/mol. The van der Waals surface area contributed by atoms with Crippen molar-refractivity contribution in [1.29, 1.82) is 0 Å². The number of hydrogen-bond donors (Lipinski definition) is 1. The molecule has 0 radical (unpaired) electrons. The average Bonchev–Trinajstić information content (AvgIpc) is 3.52. The van der Waals surface area contributed by atoms with E-state index in [1.54, 1.807) is 32.9 Å². The largest absolute Gasteiger partial charge is 0.497 e. The highest BCUT2D eigenvalue weighted by Crippen LogP contribution is 2.69. The van der Waals surface area contributed by atoms with Gasteiger partial charge in [0.25, 0.3) is 0 Å². The molecule has 1 saturated heterocycles. The van der Waals surface area contributed by atoms with Gasteiger partial charge in [-0.25, -0.2) is 4.79 Å². The standard InChI is InChI=1S/C27H30O10/c1-7-12(2)23(29)36-24-25(4,30)13(3)18-14-8-15-19(35-11-34-15)21-17(14)26(10-33-21)22(28)20(32-6)16(31-5)9-27(24,26)37-18/h7-8,13,18,24,30H,9-11H2,1-6H3/b12-7-/t13-,18+,24-,25-,26-,27-/m0/s1. The van der Waals surface area contributed by atoms with Crippen molar-refractivity contribution < 1.29 is 47.9 Å². The number of benzene rings is 1. The fourth-order valence-corrected chi connectivity index (χ4v) is 6.68. The van der Waals surface area contributed by atoms with Crippen LogP contribution in [0.25, 0.3) is 0 Å². The van der Waals surface area contributed by atoms with Crippen LogP contribution in [0.4, 0.5) is 0 Å². The molecular formula is C27H30O10. The lowest BCUT2D eigenvalue weighted by molar-refractivity contribution is -0.317. The van der Waals surface area contributed by atoms with Crippen LogP contribution in [0.1, 0.15) is 51.3 Å². The molecule has 37 heavy (non-hydrogen) atoms. The third-order valence-corrected chi connectivity index (χ3v) is 8.91. The number of carbonyl (C=O) groups is 2. The summed E-state index contributed by atoms with van der Waals surface area (Å²) >= 11 is 0. The lowest BCUT2D eigenvalue weighted by Gasteiger charge is -2.64. The Morgan fingerprint density at radius 3 is 2.62 bits per heavy atom. The summed E-state index contributed by atoms with van der Waals surface area (Å²) in [7, 11) is 2.84. The van der Waals surface area contributed by atoms with Gasteiger partial charge in [-0.05, 0) is 32.4 Å². The third-order valence-electron chi connectivity index (χ3n) is 8.91. The van der Waals surface area contributed by atoms with E-state index in [9.17, 15) is 14.7 Å². The van der Waals surface area contributed by atoms with Crippen LogP contribution in [0.3, 0.4) is 0 Å². The number of fused-ring (bicyclic) bond motifs is 4. The number of Topliss-reactive ketones (excluding diaryl/α,β-unsaturated/α-hetero) is 1. The summed E-state index contributed by atoms with van der Waals surface area (Å²) in [4.78, 5) is 27.6. The van der Waals surface area contributed by atoms with Crippen LogP contribution in [-0.4, -0.2) is 61.8 Å². The zero-order valence-electron chi connectivity index (χ0n) is 21.6. The van der Waals surface area contributed by atoms with Gasteiger partial charge < -0.3 is 38.3 Å². The van der Waals surface area contributed by atoms with Crippen molar-refractivity contribution in [2.24, 2.45) is 5.92 Å². The minimum absolute atomic E-state index is 0.00129. The van der Waals surface area contributed by atoms with Crippen LogP contribution < -0.4 is 14.2 Å². The first kappa shape index (κ1) is 24.1. The lowest BCUT2D eigenvalue weighted by atomic mass is 9.50. The highest BCUT2D eigenvalue weighted by Gasteiger charge is 2.79. The zero-order chi connectivity index (χ0) is 26.5. The maximum atomic E-state index is 14.5. The normalized spacial score (nSPS) is 37.0. The van der Waals surface area contributed by atoms with Gasteiger partial charge in [0, 0.05) is 23.5 Å². The number of hydrogen-bond acceptors (Lipinski definition) is 10. The minimum Gasteiger partial charge on any atom is -0.497 e. The van der Waals surface area contributed by atoms with Gasteiger partial charge in [0.15, 0.2) is 17.6 Å². The molecule has 1 N–H and O–H groups in total. The molecule has 2 bridgehead atoms. The van der Waals surface area contributed by atoms with Crippen LogP contribution in [0.5, 0.6) is 17.2 Å². The third kappa shape index (κ3) is 2.67. The Kier molecular flexibility index (Phi) is 4.98. The first-order valence-electron chi connectivity index (χ1n) is 12.3. The number of rotatable bonds is 4. The Balaban J connectivity index is 1.69. The van der Waals surface area contributed by atoms with Gasteiger partial charge in [-0.3, -0.25) is 4.79 Å². The number of carbonyl (C=O) groups excluding carboxylic acids is 2. The van der Waals surface area contributed by atoms with Gasteiger partial charge in [0.2, 0.25) is 24.1 Å². The highest BCUT2D eigenvalue weighted by molar-refractivity contribution is 6.07. The van der Waals surface area contributed by atoms with Gasteiger partial charge in [0.05, 0.1) is 20.3 Å². The van der Waals surface area contributed by atoms with Crippen LogP contribution in [-0.2, 0) is 34.0 Å². The molecule has 4 heterocycles. The van der Waals surface area contributed by atoms with E-state index in [0.29, 0.717) is 33.9 Å². The molecule has 1 aliphatic carbocycles. The van der Waals surface area contributed by atoms with E-state index in [1.807, 2.05) is 6.92 Å². The predicted molar refractivity (Wildman–Crippen MR) is 126 cm³/mol. The molecule has 2 spiro atoms. The molecule has 198 valence electrons. The Morgan fingerprint density at radius 2 is 1.95 bits per heavy atom. The van der Waals surface area contributed by atoms with Crippen LogP contribution in [0.15, 0.2) is 29.2 Å². The Hall–Kier alpha value is -3.24. The summed E-state index contributed by atoms with van der Waals surface area (Å²) in [6.07, 6.45) is -0.291. The van der Waals surface area contributed by atoms with Crippen LogP contribution in [0.2, 0.25) is 0 Å². The second-order valence-electron chi connectivity index (χ2n) is 10.5. The van der Waals surface area contributed by atoms with Crippen molar-refractivity contribution in [1.82, 2.24) is 0 Å². The molecule has 0 unspecified atom stereocenters. The number of allylic oxidation sites excluding steroid dienone is 2. The van der Waals surface area contributed by atoms with E-state index in [4.69, 9.17) is 33.2 Å². The van der Waals surface area contributed by atoms with Crippen molar-refractivity contribution in [3.63, 3.8) is 0 Å². The summed E-state index contributed by atoms with van der Waals surface area (Å²) in [5.74, 6) is -0.0349. The van der Waals surface area contributed by atoms with Crippen molar-refractivity contribution in [3.05, 3.63) is 40.4 Å². The maximum absolute atomic E-state index is 14.5. The first-order chi connectivity index (χ1) is 17.6. The van der Waals surface area contributed by atoms with Gasteiger partial charge in [-0.2, -0.15) is 0 Å².